The van der Waals surface area contributed by atoms with Gasteiger partial charge >= 0.3 is 12.0 Å². The Morgan fingerprint density at radius 1 is 1.03 bits per heavy atom. The Balaban J connectivity index is 1.78. The predicted octanol–water partition coefficient (Wildman–Crippen LogP) is 4.13. The van der Waals surface area contributed by atoms with Gasteiger partial charge in [0, 0.05) is 23.1 Å². The number of urea groups is 1. The summed E-state index contributed by atoms with van der Waals surface area (Å²) in [5.74, 6) is -2.19. The minimum Gasteiger partial charge on any atom is -0.497 e. The van der Waals surface area contributed by atoms with Crippen LogP contribution in [0.15, 0.2) is 48.0 Å². The first-order chi connectivity index (χ1) is 17.6. The van der Waals surface area contributed by atoms with Crippen molar-refractivity contribution in [3.05, 3.63) is 75.6 Å². The molecule has 4 amide bonds. The van der Waals surface area contributed by atoms with Crippen molar-refractivity contribution in [2.45, 2.75) is 13.8 Å². The number of anilines is 1. The van der Waals surface area contributed by atoms with Crippen molar-refractivity contribution in [2.75, 3.05) is 19.1 Å². The van der Waals surface area contributed by atoms with Crippen molar-refractivity contribution < 1.29 is 33.8 Å². The normalized spacial score (nSPS) is 14.7. The monoisotopic (exact) mass is 523 g/mol. The van der Waals surface area contributed by atoms with E-state index in [4.69, 9.17) is 21.1 Å². The number of imide groups is 2. The van der Waals surface area contributed by atoms with E-state index < -0.39 is 23.8 Å². The molecular formula is C26H22ClN3O7. The molecule has 37 heavy (non-hydrogen) atoms. The number of carbonyl (C=O) groups excluding carboxylic acids is 3. The van der Waals surface area contributed by atoms with Crippen LogP contribution < -0.4 is 19.7 Å². The van der Waals surface area contributed by atoms with E-state index in [2.05, 4.69) is 5.32 Å². The highest BCUT2D eigenvalue weighted by Crippen LogP contribution is 2.35. The topological polar surface area (TPSA) is 127 Å². The molecule has 0 atom stereocenters. The molecule has 10 nitrogen and oxygen atoms in total. The summed E-state index contributed by atoms with van der Waals surface area (Å²) < 4.78 is 12.3. The molecule has 2 aromatic carbocycles. The Labute approximate surface area is 216 Å². The Morgan fingerprint density at radius 2 is 1.76 bits per heavy atom. The van der Waals surface area contributed by atoms with E-state index in [1.165, 1.54) is 44.6 Å². The molecule has 0 aliphatic carbocycles. The van der Waals surface area contributed by atoms with E-state index in [0.717, 1.165) is 10.6 Å². The van der Waals surface area contributed by atoms with E-state index in [9.17, 15) is 24.3 Å². The number of methoxy groups -OCH3 is 2. The van der Waals surface area contributed by atoms with Gasteiger partial charge in [-0.05, 0) is 61.9 Å². The van der Waals surface area contributed by atoms with Crippen LogP contribution in [0, 0.1) is 13.8 Å². The Kier molecular flexibility index (Phi) is 6.78. The zero-order valence-electron chi connectivity index (χ0n) is 20.3. The van der Waals surface area contributed by atoms with Crippen LogP contribution in [0.5, 0.6) is 11.5 Å². The van der Waals surface area contributed by atoms with Crippen molar-refractivity contribution >= 4 is 47.2 Å². The first-order valence-corrected chi connectivity index (χ1v) is 11.3. The van der Waals surface area contributed by atoms with Gasteiger partial charge in [0.1, 0.15) is 17.1 Å². The third-order valence-electron chi connectivity index (χ3n) is 5.94. The molecule has 2 heterocycles. The van der Waals surface area contributed by atoms with E-state index in [1.807, 2.05) is 0 Å². The Morgan fingerprint density at radius 3 is 2.41 bits per heavy atom. The van der Waals surface area contributed by atoms with Gasteiger partial charge in [-0.1, -0.05) is 11.6 Å². The van der Waals surface area contributed by atoms with Gasteiger partial charge in [-0.15, -0.1) is 0 Å². The lowest BCUT2D eigenvalue weighted by molar-refractivity contribution is -0.122. The van der Waals surface area contributed by atoms with Gasteiger partial charge in [0.25, 0.3) is 11.8 Å². The highest BCUT2D eigenvalue weighted by molar-refractivity contribution is 6.39. The number of halogens is 1. The summed E-state index contributed by atoms with van der Waals surface area (Å²) in [5.41, 5.74) is 2.23. The lowest BCUT2D eigenvalue weighted by Gasteiger charge is -2.27. The number of nitrogens with zero attached hydrogens (tertiary/aromatic N) is 2. The van der Waals surface area contributed by atoms with Gasteiger partial charge in [-0.3, -0.25) is 14.9 Å². The van der Waals surface area contributed by atoms with Crippen LogP contribution >= 0.6 is 11.6 Å². The van der Waals surface area contributed by atoms with Crippen LogP contribution in [0.25, 0.3) is 11.8 Å². The molecule has 0 unspecified atom stereocenters. The van der Waals surface area contributed by atoms with E-state index >= 15 is 0 Å². The highest BCUT2D eigenvalue weighted by Gasteiger charge is 2.38. The van der Waals surface area contributed by atoms with Crippen LogP contribution in [0.4, 0.5) is 10.5 Å². The van der Waals surface area contributed by atoms with Gasteiger partial charge in [-0.25, -0.2) is 14.5 Å². The second-order valence-electron chi connectivity index (χ2n) is 8.13. The third-order valence-corrected chi connectivity index (χ3v) is 6.27. The lowest BCUT2D eigenvalue weighted by Crippen LogP contribution is -2.54. The maximum absolute atomic E-state index is 13.4. The molecule has 0 saturated carbocycles. The smallest absolute Gasteiger partial charge is 0.337 e. The van der Waals surface area contributed by atoms with Gasteiger partial charge in [-0.2, -0.15) is 0 Å². The van der Waals surface area contributed by atoms with Crippen molar-refractivity contribution in [1.29, 1.82) is 0 Å². The number of hydrogen-bond acceptors (Lipinski definition) is 6. The minimum atomic E-state index is -1.17. The van der Waals surface area contributed by atoms with Crippen molar-refractivity contribution in [3.63, 3.8) is 0 Å². The molecule has 2 N–H and O–H groups in total. The molecule has 1 saturated heterocycles. The Bertz CT molecular complexity index is 1510. The van der Waals surface area contributed by atoms with Gasteiger partial charge < -0.3 is 19.1 Å². The summed E-state index contributed by atoms with van der Waals surface area (Å²) in [5, 5.41) is 11.7. The number of amides is 4. The second-order valence-corrected chi connectivity index (χ2v) is 8.53. The number of hydrogen-bond donors (Lipinski definition) is 2. The number of carboxylic acids is 1. The summed E-state index contributed by atoms with van der Waals surface area (Å²) in [6, 6.07) is 9.98. The van der Waals surface area contributed by atoms with Gasteiger partial charge in [0.15, 0.2) is 0 Å². The maximum atomic E-state index is 13.4. The number of rotatable bonds is 6. The number of nitrogens with one attached hydrogen (secondary N) is 1. The summed E-state index contributed by atoms with van der Waals surface area (Å²) in [6.07, 6.45) is 1.39. The second kappa shape index (κ2) is 9.82. The van der Waals surface area contributed by atoms with Crippen LogP contribution in [-0.2, 0) is 9.59 Å². The average molecular weight is 524 g/mol. The average Bonchev–Trinajstić information content (AvgIpc) is 3.14. The largest absolute Gasteiger partial charge is 0.497 e. The number of carboxylic acid groups (broad SMARTS) is 1. The van der Waals surface area contributed by atoms with Crippen LogP contribution in [-0.4, -0.2) is 47.7 Å². The van der Waals surface area contributed by atoms with E-state index in [0.29, 0.717) is 22.7 Å². The molecule has 0 bridgehead atoms. The molecule has 190 valence electrons. The number of barbiturate groups is 1. The predicted molar refractivity (Wildman–Crippen MR) is 136 cm³/mol. The number of aromatic carboxylic acids is 1. The molecule has 1 aliphatic rings. The van der Waals surface area contributed by atoms with Crippen LogP contribution in [0.2, 0.25) is 5.02 Å². The Hall–Kier alpha value is -4.57. The SMILES string of the molecule is COc1ccc(N2C(=O)NC(=O)/C(=C\c3cc(C)n(-c4ccc(Cl)c(C(=O)O)c4)c3C)C2=O)c(OC)c1. The number of benzene rings is 2. The maximum Gasteiger partial charge on any atom is 0.337 e. The number of aromatic nitrogens is 1. The first-order valence-electron chi connectivity index (χ1n) is 10.9. The zero-order chi connectivity index (χ0) is 27.0. The molecule has 11 heteroatoms. The molecular weight excluding hydrogens is 502 g/mol. The first kappa shape index (κ1) is 25.5. The number of ether oxygens (including phenoxy) is 2. The molecule has 1 aromatic heterocycles. The van der Waals surface area contributed by atoms with Crippen molar-refractivity contribution in [1.82, 2.24) is 9.88 Å². The summed E-state index contributed by atoms with van der Waals surface area (Å²) in [4.78, 5) is 51.1. The number of carbonyl (C=O) groups is 4. The standard InChI is InChI=1S/C26H22ClN3O7/c1-13-9-15(14(2)29(13)16-5-7-20(27)18(11-16)25(33)34)10-19-23(31)28-26(35)30(24(19)32)21-8-6-17(36-3)12-22(21)37-4/h5-12H,1-4H3,(H,33,34)(H,28,31,35)/b19-10+. The van der Waals surface area contributed by atoms with Crippen molar-refractivity contribution in [2.24, 2.45) is 0 Å². The minimum absolute atomic E-state index is 0.0593. The third kappa shape index (κ3) is 4.54. The summed E-state index contributed by atoms with van der Waals surface area (Å²) >= 11 is 6.01. The fraction of sp³-hybridized carbons (Fsp3) is 0.154. The van der Waals surface area contributed by atoms with Gasteiger partial charge in [0.2, 0.25) is 0 Å². The fourth-order valence-corrected chi connectivity index (χ4v) is 4.35. The number of aryl methyl sites for hydroxylation is 1. The van der Waals surface area contributed by atoms with Gasteiger partial charge in [0.05, 0.1) is 30.5 Å². The lowest BCUT2D eigenvalue weighted by atomic mass is 10.1. The molecule has 4 rings (SSSR count). The van der Waals surface area contributed by atoms with Crippen LogP contribution in [0.3, 0.4) is 0 Å². The highest BCUT2D eigenvalue weighted by atomic mass is 35.5. The van der Waals surface area contributed by atoms with Crippen molar-refractivity contribution in [3.8, 4) is 17.2 Å². The van der Waals surface area contributed by atoms with E-state index in [1.54, 1.807) is 36.6 Å². The van der Waals surface area contributed by atoms with Crippen LogP contribution in [0.1, 0.15) is 27.3 Å². The van der Waals surface area contributed by atoms with E-state index in [-0.39, 0.29) is 27.6 Å². The summed E-state index contributed by atoms with van der Waals surface area (Å²) in [6.45, 7) is 3.56. The molecule has 1 aliphatic heterocycles. The zero-order valence-corrected chi connectivity index (χ0v) is 21.0. The molecule has 0 radical (unpaired) electrons. The molecule has 0 spiro atoms. The summed E-state index contributed by atoms with van der Waals surface area (Å²) in [7, 11) is 2.85. The quantitative estimate of drug-likeness (QED) is 0.367. The molecule has 3 aromatic rings. The fourth-order valence-electron chi connectivity index (χ4n) is 4.15. The molecule has 1 fully saturated rings.